The van der Waals surface area contributed by atoms with E-state index in [0.717, 1.165) is 0 Å². The number of oxime groups is 1. The summed E-state index contributed by atoms with van der Waals surface area (Å²) in [5.41, 5.74) is 6.81. The monoisotopic (exact) mass is 407 g/mol. The minimum Gasteiger partial charge on any atom is -0.484 e. The average Bonchev–Trinajstić information content (AvgIpc) is 3.11. The zero-order valence-electron chi connectivity index (χ0n) is 13.9. The second-order valence-corrected chi connectivity index (χ2v) is 6.57. The number of hydrogen-bond acceptors (Lipinski definition) is 5. The van der Waals surface area contributed by atoms with Gasteiger partial charge in [-0.1, -0.05) is 34.4 Å². The highest BCUT2D eigenvalue weighted by Gasteiger charge is 2.29. The molecule has 0 aromatic heterocycles. The molecule has 0 aliphatic carbocycles. The summed E-state index contributed by atoms with van der Waals surface area (Å²) < 4.78 is 5.16. The zero-order chi connectivity index (χ0) is 19.4. The van der Waals surface area contributed by atoms with E-state index in [9.17, 15) is 9.59 Å². The largest absolute Gasteiger partial charge is 0.484 e. The second-order valence-electron chi connectivity index (χ2n) is 5.73. The van der Waals surface area contributed by atoms with Crippen molar-refractivity contribution in [3.63, 3.8) is 0 Å². The van der Waals surface area contributed by atoms with Gasteiger partial charge in [0.05, 0.1) is 10.7 Å². The van der Waals surface area contributed by atoms with Gasteiger partial charge >= 0.3 is 0 Å². The van der Waals surface area contributed by atoms with Crippen LogP contribution in [0.4, 0.5) is 5.69 Å². The van der Waals surface area contributed by atoms with E-state index < -0.39 is 12.0 Å². The van der Waals surface area contributed by atoms with E-state index >= 15 is 0 Å². The normalized spacial score (nSPS) is 15.6. The van der Waals surface area contributed by atoms with Crippen molar-refractivity contribution in [1.29, 1.82) is 0 Å². The fourth-order valence-corrected chi connectivity index (χ4v) is 2.93. The van der Waals surface area contributed by atoms with Gasteiger partial charge in [-0.25, -0.2) is 0 Å². The van der Waals surface area contributed by atoms with Gasteiger partial charge in [-0.05, 0) is 36.4 Å². The lowest BCUT2D eigenvalue weighted by molar-refractivity contribution is -0.125. The Balaban J connectivity index is 1.57. The number of primary amides is 1. The van der Waals surface area contributed by atoms with Crippen LogP contribution in [0.15, 0.2) is 47.6 Å². The molecule has 2 aromatic rings. The first-order valence-electron chi connectivity index (χ1n) is 7.92. The maximum absolute atomic E-state index is 12.4. The van der Waals surface area contributed by atoms with Crippen LogP contribution >= 0.6 is 23.2 Å². The summed E-state index contributed by atoms with van der Waals surface area (Å²) in [6.45, 7) is -0.213. The third kappa shape index (κ3) is 4.90. The number of nitrogens with two attached hydrogens (primary N) is 1. The van der Waals surface area contributed by atoms with Crippen LogP contribution in [0.2, 0.25) is 10.0 Å². The van der Waals surface area contributed by atoms with Crippen LogP contribution < -0.4 is 15.8 Å². The number of ether oxygens (including phenoxy) is 1. The first-order valence-corrected chi connectivity index (χ1v) is 8.68. The highest BCUT2D eigenvalue weighted by molar-refractivity contribution is 6.37. The van der Waals surface area contributed by atoms with Crippen LogP contribution in [-0.4, -0.2) is 30.2 Å². The van der Waals surface area contributed by atoms with Crippen molar-refractivity contribution >= 4 is 46.4 Å². The lowest BCUT2D eigenvalue weighted by atomic mass is 10.0. The summed E-state index contributed by atoms with van der Waals surface area (Å²) in [5.74, 6) is -0.445. The molecule has 1 aliphatic heterocycles. The van der Waals surface area contributed by atoms with Crippen molar-refractivity contribution in [2.75, 3.05) is 11.9 Å². The van der Waals surface area contributed by atoms with Crippen LogP contribution in [0.1, 0.15) is 12.0 Å². The molecule has 3 N–H and O–H groups in total. The smallest absolute Gasteiger partial charge is 0.268 e. The molecule has 0 fully saturated rings. The molecule has 0 saturated carbocycles. The van der Waals surface area contributed by atoms with Crippen molar-refractivity contribution in [3.8, 4) is 5.75 Å². The Kier molecular flexibility index (Phi) is 5.83. The number of nitrogens with one attached hydrogen (secondary N) is 1. The summed E-state index contributed by atoms with van der Waals surface area (Å²) >= 11 is 12.1. The van der Waals surface area contributed by atoms with Crippen molar-refractivity contribution in [2.24, 2.45) is 10.9 Å². The number of rotatable bonds is 6. The maximum Gasteiger partial charge on any atom is 0.268 e. The minimum atomic E-state index is -0.766. The topological polar surface area (TPSA) is 103 Å². The Bertz CT molecular complexity index is 900. The molecule has 1 atom stereocenters. The SMILES string of the molecule is NC(=O)COc1ccc(NC(=O)[C@@H]2CC(c3ccc(Cl)cc3Cl)=NO2)cc1. The molecular weight excluding hydrogens is 393 g/mol. The third-order valence-electron chi connectivity index (χ3n) is 3.71. The Morgan fingerprint density at radius 3 is 2.63 bits per heavy atom. The fourth-order valence-electron chi connectivity index (χ4n) is 2.41. The van der Waals surface area contributed by atoms with Crippen molar-refractivity contribution in [3.05, 3.63) is 58.1 Å². The van der Waals surface area contributed by atoms with E-state index in [1.165, 1.54) is 0 Å². The van der Waals surface area contributed by atoms with Crippen LogP contribution in [0.25, 0.3) is 0 Å². The average molecular weight is 408 g/mol. The Hall–Kier alpha value is -2.77. The van der Waals surface area contributed by atoms with Gasteiger partial charge in [0, 0.05) is 22.7 Å². The fraction of sp³-hybridized carbons (Fsp3) is 0.167. The van der Waals surface area contributed by atoms with Gasteiger partial charge in [-0.3, -0.25) is 9.59 Å². The van der Waals surface area contributed by atoms with E-state index in [-0.39, 0.29) is 18.9 Å². The Morgan fingerprint density at radius 2 is 1.96 bits per heavy atom. The predicted molar refractivity (Wildman–Crippen MR) is 102 cm³/mol. The predicted octanol–water partition coefficient (Wildman–Crippen LogP) is 2.99. The molecule has 0 saturated heterocycles. The van der Waals surface area contributed by atoms with Crippen molar-refractivity contribution in [1.82, 2.24) is 0 Å². The number of anilines is 1. The number of carbonyl (C=O) groups excluding carboxylic acids is 2. The van der Waals surface area contributed by atoms with Crippen molar-refractivity contribution in [2.45, 2.75) is 12.5 Å². The molecular formula is C18H15Cl2N3O4. The third-order valence-corrected chi connectivity index (χ3v) is 4.25. The summed E-state index contributed by atoms with van der Waals surface area (Å²) in [6.07, 6.45) is -0.481. The number of carbonyl (C=O) groups is 2. The first kappa shape index (κ1) is 19.0. The lowest BCUT2D eigenvalue weighted by Gasteiger charge is -2.10. The molecule has 0 unspecified atom stereocenters. The standard InChI is InChI=1S/C18H15Cl2N3O4/c19-10-1-6-13(14(20)7-10)15-8-16(27-23-15)18(25)22-11-2-4-12(5-3-11)26-9-17(21)24/h1-7,16H,8-9H2,(H2,21,24)(H,22,25)/t16-/m0/s1. The molecule has 0 spiro atoms. The molecule has 7 nitrogen and oxygen atoms in total. The van der Waals surface area contributed by atoms with Gasteiger partial charge in [-0.15, -0.1) is 0 Å². The molecule has 2 amide bonds. The van der Waals surface area contributed by atoms with E-state index in [4.69, 9.17) is 38.5 Å². The molecule has 1 aliphatic rings. The van der Waals surface area contributed by atoms with Crippen molar-refractivity contribution < 1.29 is 19.2 Å². The second kappa shape index (κ2) is 8.28. The number of amides is 2. The Morgan fingerprint density at radius 1 is 1.22 bits per heavy atom. The molecule has 1 heterocycles. The molecule has 2 aromatic carbocycles. The van der Waals surface area contributed by atoms with Crippen LogP contribution in [-0.2, 0) is 14.4 Å². The molecule has 0 bridgehead atoms. The highest BCUT2D eigenvalue weighted by atomic mass is 35.5. The first-order chi connectivity index (χ1) is 12.9. The Labute approximate surface area is 165 Å². The molecule has 0 radical (unpaired) electrons. The molecule has 9 heteroatoms. The summed E-state index contributed by atoms with van der Waals surface area (Å²) in [7, 11) is 0. The summed E-state index contributed by atoms with van der Waals surface area (Å²) in [5, 5.41) is 7.65. The quantitative estimate of drug-likeness (QED) is 0.767. The number of benzene rings is 2. The zero-order valence-corrected chi connectivity index (χ0v) is 15.5. The van der Waals surface area contributed by atoms with E-state index in [0.29, 0.717) is 32.8 Å². The van der Waals surface area contributed by atoms with Crippen LogP contribution in [0.3, 0.4) is 0 Å². The summed E-state index contributed by atoms with van der Waals surface area (Å²) in [4.78, 5) is 28.3. The van der Waals surface area contributed by atoms with Crippen LogP contribution in [0, 0.1) is 0 Å². The van der Waals surface area contributed by atoms with Crippen LogP contribution in [0.5, 0.6) is 5.75 Å². The molecule has 27 heavy (non-hydrogen) atoms. The van der Waals surface area contributed by atoms with Gasteiger partial charge in [0.25, 0.3) is 11.8 Å². The minimum absolute atomic E-state index is 0.213. The van der Waals surface area contributed by atoms with Gasteiger partial charge in [0.2, 0.25) is 6.10 Å². The number of hydrogen-bond donors (Lipinski definition) is 2. The number of halogens is 2. The van der Waals surface area contributed by atoms with E-state index in [2.05, 4.69) is 10.5 Å². The molecule has 3 rings (SSSR count). The van der Waals surface area contributed by atoms with Gasteiger partial charge in [-0.2, -0.15) is 0 Å². The van der Waals surface area contributed by atoms with E-state index in [1.807, 2.05) is 0 Å². The number of nitrogens with zero attached hydrogens (tertiary/aromatic N) is 1. The summed E-state index contributed by atoms with van der Waals surface area (Å²) in [6, 6.07) is 11.5. The van der Waals surface area contributed by atoms with Gasteiger partial charge < -0.3 is 20.6 Å². The van der Waals surface area contributed by atoms with Gasteiger partial charge in [0.1, 0.15) is 5.75 Å². The van der Waals surface area contributed by atoms with E-state index in [1.54, 1.807) is 42.5 Å². The van der Waals surface area contributed by atoms with Gasteiger partial charge in [0.15, 0.2) is 6.61 Å². The maximum atomic E-state index is 12.4. The molecule has 140 valence electrons. The lowest BCUT2D eigenvalue weighted by Crippen LogP contribution is -2.28. The highest BCUT2D eigenvalue weighted by Crippen LogP contribution is 2.26.